The fourth-order valence-corrected chi connectivity index (χ4v) is 4.49. The molecule has 148 valence electrons. The van der Waals surface area contributed by atoms with Gasteiger partial charge in [-0.2, -0.15) is 0 Å². The number of hydrogen-bond acceptors (Lipinski definition) is 5. The number of methoxy groups -OCH3 is 1. The van der Waals surface area contributed by atoms with Gasteiger partial charge in [0.2, 0.25) is 0 Å². The van der Waals surface area contributed by atoms with E-state index in [0.717, 1.165) is 71.9 Å². The maximum Gasteiger partial charge on any atom is 0.166 e. The van der Waals surface area contributed by atoms with Gasteiger partial charge in [0.15, 0.2) is 5.16 Å². The molecule has 1 aliphatic heterocycles. The van der Waals surface area contributed by atoms with Crippen LogP contribution < -0.4 is 9.64 Å². The van der Waals surface area contributed by atoms with Crippen molar-refractivity contribution in [2.75, 3.05) is 50.5 Å². The number of rotatable bonds is 7. The lowest BCUT2D eigenvalue weighted by molar-refractivity contribution is 0.259. The van der Waals surface area contributed by atoms with Crippen molar-refractivity contribution in [1.29, 1.82) is 0 Å². The van der Waals surface area contributed by atoms with Gasteiger partial charge in [-0.15, -0.1) is 0 Å². The first-order valence-electron chi connectivity index (χ1n) is 9.61. The molecular weight excluding hydrogens is 392 g/mol. The highest BCUT2D eigenvalue weighted by molar-refractivity contribution is 7.99. The van der Waals surface area contributed by atoms with Crippen molar-refractivity contribution in [3.8, 4) is 5.75 Å². The van der Waals surface area contributed by atoms with E-state index in [0.29, 0.717) is 0 Å². The second-order valence-corrected chi connectivity index (χ2v) is 8.45. The summed E-state index contributed by atoms with van der Waals surface area (Å²) in [6, 6.07) is 14.1. The molecule has 3 aromatic rings. The van der Waals surface area contributed by atoms with Gasteiger partial charge in [0.05, 0.1) is 18.1 Å². The van der Waals surface area contributed by atoms with Crippen molar-refractivity contribution in [3.05, 3.63) is 47.5 Å². The third-order valence-electron chi connectivity index (χ3n) is 5.09. The largest absolute Gasteiger partial charge is 0.497 e. The van der Waals surface area contributed by atoms with Crippen LogP contribution in [-0.2, 0) is 0 Å². The minimum absolute atomic E-state index is 0.737. The monoisotopic (exact) mass is 416 g/mol. The van der Waals surface area contributed by atoms with Crippen LogP contribution in [0.25, 0.3) is 11.0 Å². The summed E-state index contributed by atoms with van der Waals surface area (Å²) in [5.41, 5.74) is 3.26. The molecule has 7 heteroatoms. The van der Waals surface area contributed by atoms with E-state index in [1.165, 1.54) is 5.69 Å². The number of anilines is 1. The van der Waals surface area contributed by atoms with Gasteiger partial charge in [0.25, 0.3) is 0 Å². The Labute approximate surface area is 175 Å². The molecule has 4 rings (SSSR count). The summed E-state index contributed by atoms with van der Waals surface area (Å²) in [6.07, 6.45) is 1.16. The molecule has 1 aliphatic rings. The van der Waals surface area contributed by atoms with Crippen LogP contribution >= 0.6 is 23.4 Å². The molecule has 0 spiro atoms. The Morgan fingerprint density at radius 2 is 1.89 bits per heavy atom. The van der Waals surface area contributed by atoms with E-state index in [9.17, 15) is 0 Å². The van der Waals surface area contributed by atoms with Crippen molar-refractivity contribution in [2.45, 2.75) is 11.6 Å². The highest BCUT2D eigenvalue weighted by atomic mass is 35.5. The van der Waals surface area contributed by atoms with Crippen molar-refractivity contribution in [1.82, 2.24) is 14.9 Å². The highest BCUT2D eigenvalue weighted by Gasteiger charge is 2.17. The van der Waals surface area contributed by atoms with Crippen LogP contribution in [0.15, 0.2) is 47.6 Å². The van der Waals surface area contributed by atoms with E-state index in [1.54, 1.807) is 18.9 Å². The molecule has 1 N–H and O–H groups in total. The first-order chi connectivity index (χ1) is 13.7. The van der Waals surface area contributed by atoms with E-state index >= 15 is 0 Å². The molecule has 0 amide bonds. The smallest absolute Gasteiger partial charge is 0.166 e. The van der Waals surface area contributed by atoms with Crippen LogP contribution in [0.1, 0.15) is 6.42 Å². The molecule has 0 radical (unpaired) electrons. The van der Waals surface area contributed by atoms with Crippen molar-refractivity contribution < 1.29 is 4.74 Å². The number of hydrogen-bond donors (Lipinski definition) is 1. The zero-order valence-electron chi connectivity index (χ0n) is 16.0. The number of imidazole rings is 1. The summed E-state index contributed by atoms with van der Waals surface area (Å²) in [5, 5.41) is 1.71. The summed E-state index contributed by atoms with van der Waals surface area (Å²) in [7, 11) is 1.70. The van der Waals surface area contributed by atoms with Crippen molar-refractivity contribution in [2.24, 2.45) is 0 Å². The number of benzene rings is 2. The number of nitrogens with one attached hydrogen (secondary N) is 1. The molecule has 2 aromatic carbocycles. The summed E-state index contributed by atoms with van der Waals surface area (Å²) in [4.78, 5) is 13.0. The Kier molecular flexibility index (Phi) is 6.29. The molecule has 0 saturated carbocycles. The molecule has 5 nitrogen and oxygen atoms in total. The van der Waals surface area contributed by atoms with Gasteiger partial charge in [-0.05, 0) is 55.4 Å². The predicted molar refractivity (Wildman–Crippen MR) is 118 cm³/mol. The molecule has 1 fully saturated rings. The predicted octanol–water partition coefficient (Wildman–Crippen LogP) is 4.53. The number of H-pyrrole nitrogens is 1. The lowest BCUT2D eigenvalue weighted by Crippen LogP contribution is -2.46. The maximum atomic E-state index is 6.03. The number of ether oxygens (including phenoxy) is 1. The van der Waals surface area contributed by atoms with Gasteiger partial charge in [0, 0.05) is 42.6 Å². The highest BCUT2D eigenvalue weighted by Crippen LogP contribution is 2.23. The van der Waals surface area contributed by atoms with Crippen LogP contribution in [0.3, 0.4) is 0 Å². The van der Waals surface area contributed by atoms with Crippen molar-refractivity contribution >= 4 is 40.1 Å². The molecule has 2 heterocycles. The lowest BCUT2D eigenvalue weighted by Gasteiger charge is -2.36. The Bertz CT molecular complexity index is 906. The third-order valence-corrected chi connectivity index (χ3v) is 6.28. The van der Waals surface area contributed by atoms with E-state index in [4.69, 9.17) is 16.3 Å². The molecule has 0 aliphatic carbocycles. The molecule has 0 bridgehead atoms. The minimum Gasteiger partial charge on any atom is -0.497 e. The molecule has 1 aromatic heterocycles. The number of aromatic nitrogens is 2. The second kappa shape index (κ2) is 9.07. The first-order valence-corrected chi connectivity index (χ1v) is 11.0. The number of thioether (sulfide) groups is 1. The fraction of sp³-hybridized carbons (Fsp3) is 0.381. The Morgan fingerprint density at radius 3 is 2.64 bits per heavy atom. The van der Waals surface area contributed by atoms with E-state index in [1.807, 2.05) is 30.3 Å². The summed E-state index contributed by atoms with van der Waals surface area (Å²) in [5.74, 6) is 1.97. The second-order valence-electron chi connectivity index (χ2n) is 6.93. The van der Waals surface area contributed by atoms with Crippen LogP contribution in [0.4, 0.5) is 5.69 Å². The van der Waals surface area contributed by atoms with Gasteiger partial charge in [-0.3, -0.25) is 4.90 Å². The van der Waals surface area contributed by atoms with Gasteiger partial charge in [-0.1, -0.05) is 23.4 Å². The van der Waals surface area contributed by atoms with Crippen molar-refractivity contribution in [3.63, 3.8) is 0 Å². The number of fused-ring (bicyclic) bond motifs is 1. The Morgan fingerprint density at radius 1 is 1.11 bits per heavy atom. The van der Waals surface area contributed by atoms with E-state index < -0.39 is 0 Å². The molecule has 0 unspecified atom stereocenters. The molecule has 28 heavy (non-hydrogen) atoms. The molecule has 1 saturated heterocycles. The third kappa shape index (κ3) is 4.74. The number of nitrogens with zero attached hydrogens (tertiary/aromatic N) is 3. The average molecular weight is 417 g/mol. The Balaban J connectivity index is 1.19. The standard InChI is InChI=1S/C21H25ClN4OS/c1-27-18-6-4-17(5-7-18)26-12-10-25(11-13-26)9-2-14-28-21-23-19-8-3-16(22)15-20(19)24-21/h3-8,15H,2,9-14H2,1H3,(H,23,24). The van der Waals surface area contributed by atoms with Crippen LogP contribution in [0, 0.1) is 0 Å². The lowest BCUT2D eigenvalue weighted by atomic mass is 10.2. The Hall–Kier alpha value is -1.89. The van der Waals surface area contributed by atoms with Gasteiger partial charge < -0.3 is 14.6 Å². The quantitative estimate of drug-likeness (QED) is 0.453. The molecule has 0 atom stereocenters. The van der Waals surface area contributed by atoms with Gasteiger partial charge in [-0.25, -0.2) is 4.98 Å². The zero-order valence-corrected chi connectivity index (χ0v) is 17.6. The number of aromatic amines is 1. The van der Waals surface area contributed by atoms with Crippen LogP contribution in [0.5, 0.6) is 5.75 Å². The average Bonchev–Trinajstić information content (AvgIpc) is 3.13. The number of halogens is 1. The normalized spacial score (nSPS) is 15.3. The fourth-order valence-electron chi connectivity index (χ4n) is 3.51. The van der Waals surface area contributed by atoms with Gasteiger partial charge >= 0.3 is 0 Å². The van der Waals surface area contributed by atoms with Gasteiger partial charge in [0.1, 0.15) is 5.75 Å². The minimum atomic E-state index is 0.737. The summed E-state index contributed by atoms with van der Waals surface area (Å²) in [6.45, 7) is 5.50. The van der Waals surface area contributed by atoms with Crippen LogP contribution in [-0.4, -0.2) is 60.5 Å². The number of piperazine rings is 1. The van der Waals surface area contributed by atoms with E-state index in [-0.39, 0.29) is 0 Å². The first kappa shape index (κ1) is 19.4. The SMILES string of the molecule is COc1ccc(N2CCN(CCCSc3nc4ccc(Cl)cc4[nH]3)CC2)cc1. The summed E-state index contributed by atoms with van der Waals surface area (Å²) < 4.78 is 5.24. The zero-order chi connectivity index (χ0) is 19.3. The van der Waals surface area contributed by atoms with E-state index in [2.05, 4.69) is 31.9 Å². The van der Waals surface area contributed by atoms with Crippen LogP contribution in [0.2, 0.25) is 5.02 Å². The topological polar surface area (TPSA) is 44.4 Å². The summed E-state index contributed by atoms with van der Waals surface area (Å²) >= 11 is 7.82. The molecular formula is C21H25ClN4OS. The maximum absolute atomic E-state index is 6.03.